The van der Waals surface area contributed by atoms with Gasteiger partial charge in [-0.05, 0) is 31.6 Å². The molecule has 2 heterocycles. The third kappa shape index (κ3) is 3.02. The molecule has 7 heteroatoms. The molecule has 1 saturated carbocycles. The number of nitrogens with zero attached hydrogens (tertiary/aromatic N) is 3. The molecule has 1 aliphatic rings. The smallest absolute Gasteiger partial charge is 0.343 e. The molecule has 22 heavy (non-hydrogen) atoms. The number of carbonyl (C=O) groups is 1. The molecule has 0 amide bonds. The van der Waals surface area contributed by atoms with Gasteiger partial charge in [0.05, 0.1) is 25.6 Å². The van der Waals surface area contributed by atoms with Crippen molar-refractivity contribution in [2.75, 3.05) is 13.2 Å². The Morgan fingerprint density at radius 1 is 1.55 bits per heavy atom. The molecule has 0 bridgehead atoms. The zero-order valence-electron chi connectivity index (χ0n) is 12.6. The zero-order chi connectivity index (χ0) is 15.7. The van der Waals surface area contributed by atoms with Gasteiger partial charge in [0.15, 0.2) is 16.5 Å². The van der Waals surface area contributed by atoms with E-state index in [0.29, 0.717) is 36.1 Å². The highest BCUT2D eigenvalue weighted by molar-refractivity contribution is 6.31. The van der Waals surface area contributed by atoms with Gasteiger partial charge in [0.25, 0.3) is 0 Å². The Labute approximate surface area is 133 Å². The van der Waals surface area contributed by atoms with Gasteiger partial charge in [0.2, 0.25) is 0 Å². The SMILES string of the molecule is CCOC(=O)c1cnn2cc(OC[C@H](C)C3CC3)c(Cl)nc12. The molecule has 0 saturated heterocycles. The maximum absolute atomic E-state index is 11.8. The van der Waals surface area contributed by atoms with Crippen molar-refractivity contribution in [3.05, 3.63) is 23.1 Å². The second kappa shape index (κ2) is 6.12. The van der Waals surface area contributed by atoms with Gasteiger partial charge in [-0.25, -0.2) is 14.3 Å². The summed E-state index contributed by atoms with van der Waals surface area (Å²) in [5.41, 5.74) is 0.660. The van der Waals surface area contributed by atoms with Crippen molar-refractivity contribution in [2.24, 2.45) is 11.8 Å². The van der Waals surface area contributed by atoms with Gasteiger partial charge < -0.3 is 9.47 Å². The van der Waals surface area contributed by atoms with Crippen LogP contribution in [0.1, 0.15) is 37.0 Å². The third-order valence-electron chi connectivity index (χ3n) is 3.84. The third-order valence-corrected chi connectivity index (χ3v) is 4.11. The Balaban J connectivity index is 1.81. The summed E-state index contributed by atoms with van der Waals surface area (Å²) in [6, 6.07) is 0. The minimum Gasteiger partial charge on any atom is -0.488 e. The highest BCUT2D eigenvalue weighted by atomic mass is 35.5. The lowest BCUT2D eigenvalue weighted by Crippen LogP contribution is -2.11. The summed E-state index contributed by atoms with van der Waals surface area (Å²) in [5, 5.41) is 4.34. The Morgan fingerprint density at radius 2 is 2.32 bits per heavy atom. The standard InChI is InChI=1S/C15H18ClN3O3/c1-3-21-15(20)11-6-17-19-7-12(13(16)18-14(11)19)22-8-9(2)10-4-5-10/h6-7,9-10H,3-5,8H2,1-2H3/t9-/m0/s1. The van der Waals surface area contributed by atoms with Gasteiger partial charge in [0, 0.05) is 0 Å². The van der Waals surface area contributed by atoms with E-state index in [1.54, 1.807) is 13.1 Å². The van der Waals surface area contributed by atoms with E-state index in [2.05, 4.69) is 17.0 Å². The molecule has 0 N–H and O–H groups in total. The van der Waals surface area contributed by atoms with Crippen LogP contribution >= 0.6 is 11.6 Å². The molecule has 2 aromatic rings. The molecule has 3 rings (SSSR count). The van der Waals surface area contributed by atoms with Crippen LogP contribution in [0.5, 0.6) is 5.75 Å². The lowest BCUT2D eigenvalue weighted by Gasteiger charge is -2.12. The predicted molar refractivity (Wildman–Crippen MR) is 81.3 cm³/mol. The summed E-state index contributed by atoms with van der Waals surface area (Å²) in [6.07, 6.45) is 5.62. The van der Waals surface area contributed by atoms with Crippen molar-refractivity contribution < 1.29 is 14.3 Å². The van der Waals surface area contributed by atoms with E-state index in [9.17, 15) is 4.79 Å². The number of hydrogen-bond donors (Lipinski definition) is 0. The Kier molecular flexibility index (Phi) is 4.20. The van der Waals surface area contributed by atoms with Gasteiger partial charge in [0.1, 0.15) is 5.56 Å². The van der Waals surface area contributed by atoms with Gasteiger partial charge in [-0.1, -0.05) is 18.5 Å². The Bertz CT molecular complexity index is 697. The second-order valence-corrected chi connectivity index (χ2v) is 5.93. The number of ether oxygens (including phenoxy) is 2. The van der Waals surface area contributed by atoms with Crippen LogP contribution in [0.25, 0.3) is 5.65 Å². The number of hydrogen-bond acceptors (Lipinski definition) is 5. The first-order chi connectivity index (χ1) is 10.6. The van der Waals surface area contributed by atoms with E-state index in [4.69, 9.17) is 21.1 Å². The first kappa shape index (κ1) is 15.1. The van der Waals surface area contributed by atoms with Crippen LogP contribution in [-0.2, 0) is 4.74 Å². The van der Waals surface area contributed by atoms with Gasteiger partial charge in [-0.3, -0.25) is 0 Å². The normalized spacial score (nSPS) is 15.8. The van der Waals surface area contributed by atoms with Crippen molar-refractivity contribution in [1.29, 1.82) is 0 Å². The Morgan fingerprint density at radius 3 is 3.00 bits per heavy atom. The van der Waals surface area contributed by atoms with Crippen LogP contribution in [-0.4, -0.2) is 33.8 Å². The van der Waals surface area contributed by atoms with Gasteiger partial charge in [-0.2, -0.15) is 5.10 Å². The molecule has 0 aliphatic heterocycles. The summed E-state index contributed by atoms with van der Waals surface area (Å²) in [4.78, 5) is 16.0. The van der Waals surface area contributed by atoms with E-state index in [-0.39, 0.29) is 5.15 Å². The van der Waals surface area contributed by atoms with E-state index in [1.807, 2.05) is 0 Å². The van der Waals surface area contributed by atoms with Gasteiger partial charge in [-0.15, -0.1) is 0 Å². The van der Waals surface area contributed by atoms with Crippen LogP contribution in [0.4, 0.5) is 0 Å². The molecule has 1 aliphatic carbocycles. The van der Waals surface area contributed by atoms with Crippen molar-refractivity contribution >= 4 is 23.2 Å². The highest BCUT2D eigenvalue weighted by Gasteiger charge is 2.28. The molecule has 2 aromatic heterocycles. The summed E-state index contributed by atoms with van der Waals surface area (Å²) in [7, 11) is 0. The maximum Gasteiger partial charge on any atom is 0.343 e. The summed E-state index contributed by atoms with van der Waals surface area (Å²) >= 11 is 6.16. The number of rotatable bonds is 6. The van der Waals surface area contributed by atoms with Crippen LogP contribution in [0.2, 0.25) is 5.15 Å². The number of esters is 1. The fourth-order valence-corrected chi connectivity index (χ4v) is 2.53. The molecule has 0 spiro atoms. The lowest BCUT2D eigenvalue weighted by molar-refractivity contribution is 0.0528. The van der Waals surface area contributed by atoms with E-state index >= 15 is 0 Å². The summed E-state index contributed by atoms with van der Waals surface area (Å²) < 4.78 is 12.2. The van der Waals surface area contributed by atoms with Crippen molar-refractivity contribution in [3.63, 3.8) is 0 Å². The molecule has 1 fully saturated rings. The average molecular weight is 324 g/mol. The maximum atomic E-state index is 11.8. The van der Waals surface area contributed by atoms with Crippen LogP contribution < -0.4 is 4.74 Å². The van der Waals surface area contributed by atoms with E-state index < -0.39 is 5.97 Å². The summed E-state index contributed by atoms with van der Waals surface area (Å²) in [6.45, 7) is 4.81. The first-order valence-electron chi connectivity index (χ1n) is 7.44. The fourth-order valence-electron chi connectivity index (χ4n) is 2.35. The Hall–Kier alpha value is -1.82. The zero-order valence-corrected chi connectivity index (χ0v) is 13.3. The number of fused-ring (bicyclic) bond motifs is 1. The average Bonchev–Trinajstić information content (AvgIpc) is 3.26. The van der Waals surface area contributed by atoms with E-state index in [1.165, 1.54) is 23.6 Å². The molecule has 0 unspecified atom stereocenters. The van der Waals surface area contributed by atoms with E-state index in [0.717, 1.165) is 5.92 Å². The van der Waals surface area contributed by atoms with Gasteiger partial charge >= 0.3 is 5.97 Å². The topological polar surface area (TPSA) is 65.7 Å². The molecular weight excluding hydrogens is 306 g/mol. The molecule has 1 atom stereocenters. The first-order valence-corrected chi connectivity index (χ1v) is 7.81. The van der Waals surface area contributed by atoms with Crippen molar-refractivity contribution in [2.45, 2.75) is 26.7 Å². The van der Waals surface area contributed by atoms with Crippen molar-refractivity contribution in [1.82, 2.24) is 14.6 Å². The molecule has 6 nitrogen and oxygen atoms in total. The number of halogens is 1. The minimum absolute atomic E-state index is 0.224. The van der Waals surface area contributed by atoms with Crippen molar-refractivity contribution in [3.8, 4) is 5.75 Å². The highest BCUT2D eigenvalue weighted by Crippen LogP contribution is 2.37. The molecular formula is C15H18ClN3O3. The number of carbonyl (C=O) groups excluding carboxylic acids is 1. The minimum atomic E-state index is -0.461. The lowest BCUT2D eigenvalue weighted by atomic mass is 10.1. The molecule has 0 aromatic carbocycles. The molecule has 0 radical (unpaired) electrons. The van der Waals surface area contributed by atoms with Crippen LogP contribution in [0.3, 0.4) is 0 Å². The molecule has 118 valence electrons. The summed E-state index contributed by atoms with van der Waals surface area (Å²) in [5.74, 6) is 1.27. The quantitative estimate of drug-likeness (QED) is 0.604. The predicted octanol–water partition coefficient (Wildman–Crippen LogP) is 2.98. The number of aromatic nitrogens is 3. The van der Waals surface area contributed by atoms with Crippen LogP contribution in [0.15, 0.2) is 12.4 Å². The second-order valence-electron chi connectivity index (χ2n) is 5.57. The monoisotopic (exact) mass is 323 g/mol. The van der Waals surface area contributed by atoms with Crippen LogP contribution in [0, 0.1) is 11.8 Å². The largest absolute Gasteiger partial charge is 0.488 e. The fraction of sp³-hybridized carbons (Fsp3) is 0.533.